The Kier molecular flexibility index (Phi) is 4.41. The number of benzene rings is 1. The van der Waals surface area contributed by atoms with E-state index in [0.717, 1.165) is 31.7 Å². The molecule has 1 fully saturated rings. The topological polar surface area (TPSA) is 56.5 Å². The highest BCUT2D eigenvalue weighted by molar-refractivity contribution is 5.36. The molecular formula is C15H20N2O2. The number of nitriles is 1. The van der Waals surface area contributed by atoms with Crippen LogP contribution in [0.15, 0.2) is 24.3 Å². The molecule has 0 spiro atoms. The van der Waals surface area contributed by atoms with Gasteiger partial charge in [0, 0.05) is 13.1 Å². The standard InChI is InChI=1S/C15H20N2O2/c1-15(18)6-3-7-17(12-15)8-9-19-14-5-2-4-13(10-14)11-16/h2,4-5,10,18H,3,6-9,12H2,1H3. The maximum atomic E-state index is 10.0. The van der Waals surface area contributed by atoms with E-state index in [1.54, 1.807) is 12.1 Å². The number of nitrogens with zero attached hydrogens (tertiary/aromatic N) is 2. The molecule has 19 heavy (non-hydrogen) atoms. The predicted molar refractivity (Wildman–Crippen MR) is 72.9 cm³/mol. The van der Waals surface area contributed by atoms with E-state index in [-0.39, 0.29) is 0 Å². The van der Waals surface area contributed by atoms with Crippen molar-refractivity contribution in [1.82, 2.24) is 4.90 Å². The first-order valence-electron chi connectivity index (χ1n) is 6.67. The maximum absolute atomic E-state index is 10.0. The summed E-state index contributed by atoms with van der Waals surface area (Å²) in [5.41, 5.74) is 0.0392. The van der Waals surface area contributed by atoms with E-state index in [0.29, 0.717) is 18.7 Å². The Hall–Kier alpha value is -1.57. The molecule has 1 aliphatic rings. The second-order valence-electron chi connectivity index (χ2n) is 5.36. The lowest BCUT2D eigenvalue weighted by molar-refractivity contribution is -0.0183. The van der Waals surface area contributed by atoms with E-state index < -0.39 is 5.60 Å². The lowest BCUT2D eigenvalue weighted by atomic mass is 9.95. The Bertz CT molecular complexity index is 465. The highest BCUT2D eigenvalue weighted by Crippen LogP contribution is 2.20. The summed E-state index contributed by atoms with van der Waals surface area (Å²) in [4.78, 5) is 2.22. The predicted octanol–water partition coefficient (Wildman–Crippen LogP) is 1.78. The molecule has 0 aromatic heterocycles. The van der Waals surface area contributed by atoms with Crippen molar-refractivity contribution in [3.05, 3.63) is 29.8 Å². The van der Waals surface area contributed by atoms with E-state index in [2.05, 4.69) is 11.0 Å². The van der Waals surface area contributed by atoms with Crippen LogP contribution in [0.3, 0.4) is 0 Å². The highest BCUT2D eigenvalue weighted by Gasteiger charge is 2.27. The highest BCUT2D eigenvalue weighted by atomic mass is 16.5. The van der Waals surface area contributed by atoms with Gasteiger partial charge in [0.2, 0.25) is 0 Å². The van der Waals surface area contributed by atoms with E-state index in [1.165, 1.54) is 0 Å². The molecule has 102 valence electrons. The Labute approximate surface area is 114 Å². The van der Waals surface area contributed by atoms with Crippen molar-refractivity contribution in [1.29, 1.82) is 5.26 Å². The molecule has 1 heterocycles. The van der Waals surface area contributed by atoms with E-state index in [4.69, 9.17) is 10.00 Å². The van der Waals surface area contributed by atoms with Crippen LogP contribution in [-0.2, 0) is 0 Å². The third-order valence-electron chi connectivity index (χ3n) is 3.39. The number of likely N-dealkylation sites (tertiary alicyclic amines) is 1. The average molecular weight is 260 g/mol. The van der Waals surface area contributed by atoms with Gasteiger partial charge in [-0.1, -0.05) is 6.07 Å². The van der Waals surface area contributed by atoms with E-state index >= 15 is 0 Å². The van der Waals surface area contributed by atoms with Crippen LogP contribution in [0, 0.1) is 11.3 Å². The van der Waals surface area contributed by atoms with Crippen molar-refractivity contribution in [2.24, 2.45) is 0 Å². The van der Waals surface area contributed by atoms with Crippen LogP contribution in [0.2, 0.25) is 0 Å². The van der Waals surface area contributed by atoms with Gasteiger partial charge in [0.25, 0.3) is 0 Å². The molecule has 1 aromatic rings. The summed E-state index contributed by atoms with van der Waals surface area (Å²) >= 11 is 0. The first kappa shape index (κ1) is 13.9. The first-order valence-corrected chi connectivity index (χ1v) is 6.67. The summed E-state index contributed by atoms with van der Waals surface area (Å²) in [5, 5.41) is 18.8. The van der Waals surface area contributed by atoms with Crippen LogP contribution < -0.4 is 4.74 Å². The van der Waals surface area contributed by atoms with Crippen molar-refractivity contribution in [2.75, 3.05) is 26.2 Å². The van der Waals surface area contributed by atoms with Gasteiger partial charge in [-0.15, -0.1) is 0 Å². The van der Waals surface area contributed by atoms with Crippen molar-refractivity contribution >= 4 is 0 Å². The van der Waals surface area contributed by atoms with Gasteiger partial charge in [-0.25, -0.2) is 0 Å². The van der Waals surface area contributed by atoms with E-state index in [9.17, 15) is 5.11 Å². The van der Waals surface area contributed by atoms with Crippen molar-refractivity contribution in [2.45, 2.75) is 25.4 Å². The molecule has 4 nitrogen and oxygen atoms in total. The summed E-state index contributed by atoms with van der Waals surface area (Å²) in [6.07, 6.45) is 1.89. The summed E-state index contributed by atoms with van der Waals surface area (Å²) in [5.74, 6) is 0.725. The number of piperidine rings is 1. The monoisotopic (exact) mass is 260 g/mol. The van der Waals surface area contributed by atoms with Crippen molar-refractivity contribution in [3.63, 3.8) is 0 Å². The average Bonchev–Trinajstić information content (AvgIpc) is 2.38. The molecule has 1 aliphatic heterocycles. The van der Waals surface area contributed by atoms with Crippen molar-refractivity contribution < 1.29 is 9.84 Å². The van der Waals surface area contributed by atoms with Crippen LogP contribution in [0.25, 0.3) is 0 Å². The molecule has 0 saturated carbocycles. The fourth-order valence-corrected chi connectivity index (χ4v) is 2.46. The number of β-amino-alcohol motifs (C(OH)–C–C–N with tert-alkyl or cyclic N) is 1. The zero-order valence-corrected chi connectivity index (χ0v) is 11.3. The zero-order valence-electron chi connectivity index (χ0n) is 11.3. The number of ether oxygens (including phenoxy) is 1. The molecule has 0 amide bonds. The van der Waals surface area contributed by atoms with Crippen LogP contribution in [0.4, 0.5) is 0 Å². The van der Waals surface area contributed by atoms with Gasteiger partial charge < -0.3 is 9.84 Å². The molecule has 1 saturated heterocycles. The van der Waals surface area contributed by atoms with E-state index in [1.807, 2.05) is 19.1 Å². The third kappa shape index (κ3) is 4.23. The minimum absolute atomic E-state index is 0.570. The normalized spacial score (nSPS) is 23.8. The van der Waals surface area contributed by atoms with Gasteiger partial charge in [-0.3, -0.25) is 4.90 Å². The quantitative estimate of drug-likeness (QED) is 0.896. The summed E-state index contributed by atoms with van der Waals surface area (Å²) < 4.78 is 5.64. The lowest BCUT2D eigenvalue weighted by Crippen LogP contribution is -2.47. The number of hydrogen-bond donors (Lipinski definition) is 1. The Morgan fingerprint density at radius 1 is 1.53 bits per heavy atom. The van der Waals surface area contributed by atoms with Crippen molar-refractivity contribution in [3.8, 4) is 11.8 Å². The number of hydrogen-bond acceptors (Lipinski definition) is 4. The van der Waals surface area contributed by atoms with Crippen LogP contribution in [0.5, 0.6) is 5.75 Å². The fourth-order valence-electron chi connectivity index (χ4n) is 2.46. The summed E-state index contributed by atoms with van der Waals surface area (Å²) in [6.45, 7) is 4.97. The molecule has 2 rings (SSSR count). The van der Waals surface area contributed by atoms with Crippen LogP contribution >= 0.6 is 0 Å². The van der Waals surface area contributed by atoms with Gasteiger partial charge in [0.1, 0.15) is 12.4 Å². The van der Waals surface area contributed by atoms with Gasteiger partial charge in [-0.05, 0) is 44.5 Å². The zero-order chi connectivity index (χ0) is 13.7. The summed E-state index contributed by atoms with van der Waals surface area (Å²) in [7, 11) is 0. The largest absolute Gasteiger partial charge is 0.492 e. The third-order valence-corrected chi connectivity index (χ3v) is 3.39. The lowest BCUT2D eigenvalue weighted by Gasteiger charge is -2.36. The second kappa shape index (κ2) is 6.05. The Morgan fingerprint density at radius 2 is 2.37 bits per heavy atom. The fraction of sp³-hybridized carbons (Fsp3) is 0.533. The number of aliphatic hydroxyl groups is 1. The van der Waals surface area contributed by atoms with Gasteiger partial charge in [0.15, 0.2) is 0 Å². The molecule has 0 aliphatic carbocycles. The molecule has 0 radical (unpaired) electrons. The minimum atomic E-state index is -0.570. The molecule has 1 aromatic carbocycles. The molecule has 1 N–H and O–H groups in total. The molecular weight excluding hydrogens is 240 g/mol. The van der Waals surface area contributed by atoms with Gasteiger partial charge in [0.05, 0.1) is 17.2 Å². The molecule has 0 bridgehead atoms. The second-order valence-corrected chi connectivity index (χ2v) is 5.36. The molecule has 1 atom stereocenters. The smallest absolute Gasteiger partial charge is 0.120 e. The maximum Gasteiger partial charge on any atom is 0.120 e. The van der Waals surface area contributed by atoms with Crippen LogP contribution in [0.1, 0.15) is 25.3 Å². The molecule has 4 heteroatoms. The first-order chi connectivity index (χ1) is 9.09. The number of rotatable bonds is 4. The minimum Gasteiger partial charge on any atom is -0.492 e. The molecule has 1 unspecified atom stereocenters. The Morgan fingerprint density at radius 3 is 3.11 bits per heavy atom. The van der Waals surface area contributed by atoms with Gasteiger partial charge >= 0.3 is 0 Å². The SMILES string of the molecule is CC1(O)CCCN(CCOc2cccc(C#N)c2)C1. The Balaban J connectivity index is 1.78. The summed E-state index contributed by atoms with van der Waals surface area (Å²) in [6, 6.07) is 9.27. The van der Waals surface area contributed by atoms with Crippen LogP contribution in [-0.4, -0.2) is 41.8 Å². The van der Waals surface area contributed by atoms with Gasteiger partial charge in [-0.2, -0.15) is 5.26 Å².